The van der Waals surface area contributed by atoms with Crippen LogP contribution in [0.25, 0.3) is 0 Å². The van der Waals surface area contributed by atoms with E-state index in [-0.39, 0.29) is 5.75 Å². The van der Waals surface area contributed by atoms with Crippen LogP contribution in [-0.4, -0.2) is 25.0 Å². The molecule has 5 heteroatoms. The summed E-state index contributed by atoms with van der Waals surface area (Å²) in [5, 5.41) is 0. The quantitative estimate of drug-likeness (QED) is 0.799. The van der Waals surface area contributed by atoms with Crippen LogP contribution in [0.15, 0.2) is 24.3 Å². The summed E-state index contributed by atoms with van der Waals surface area (Å²) in [5.74, 6) is 0.207. The Kier molecular flexibility index (Phi) is 3.81. The van der Waals surface area contributed by atoms with Crippen molar-refractivity contribution in [2.45, 2.75) is 25.9 Å². The number of benzene rings is 1. The lowest BCUT2D eigenvalue weighted by atomic mass is 10.1. The van der Waals surface area contributed by atoms with Gasteiger partial charge in [-0.2, -0.15) is 4.31 Å². The second kappa shape index (κ2) is 5.16. The minimum atomic E-state index is -3.12. The number of fused-ring (bicyclic) bond motifs is 1. The number of hydrogen-bond acceptors (Lipinski definition) is 3. The van der Waals surface area contributed by atoms with Crippen molar-refractivity contribution >= 4 is 10.0 Å². The van der Waals surface area contributed by atoms with Crippen LogP contribution in [0.3, 0.4) is 0 Å². The van der Waals surface area contributed by atoms with Crippen molar-refractivity contribution in [1.82, 2.24) is 4.31 Å². The molecule has 0 spiro atoms. The molecule has 0 aliphatic carbocycles. The molecule has 4 nitrogen and oxygen atoms in total. The van der Waals surface area contributed by atoms with Crippen LogP contribution < -0.4 is 5.73 Å². The maximum absolute atomic E-state index is 12.1. The largest absolute Gasteiger partial charge is 0.330 e. The third-order valence-corrected chi connectivity index (χ3v) is 4.91. The number of hydrogen-bond donors (Lipinski definition) is 1. The molecule has 17 heavy (non-hydrogen) atoms. The zero-order valence-electron chi connectivity index (χ0n) is 9.80. The molecule has 1 aliphatic heterocycles. The van der Waals surface area contributed by atoms with Gasteiger partial charge in [-0.3, -0.25) is 0 Å². The van der Waals surface area contributed by atoms with E-state index in [1.807, 2.05) is 24.3 Å². The van der Waals surface area contributed by atoms with Gasteiger partial charge in [-0.15, -0.1) is 0 Å². The van der Waals surface area contributed by atoms with Gasteiger partial charge in [0.05, 0.1) is 5.75 Å². The molecule has 1 aromatic carbocycles. The highest BCUT2D eigenvalue weighted by Gasteiger charge is 2.28. The molecule has 2 rings (SSSR count). The van der Waals surface area contributed by atoms with Gasteiger partial charge in [-0.1, -0.05) is 24.3 Å². The molecular weight excluding hydrogens is 236 g/mol. The van der Waals surface area contributed by atoms with Crippen molar-refractivity contribution < 1.29 is 8.42 Å². The van der Waals surface area contributed by atoms with Gasteiger partial charge in [0, 0.05) is 13.1 Å². The minimum Gasteiger partial charge on any atom is -0.330 e. The van der Waals surface area contributed by atoms with Crippen LogP contribution in [-0.2, 0) is 23.1 Å². The van der Waals surface area contributed by atoms with Crippen LogP contribution in [0, 0.1) is 0 Å². The maximum atomic E-state index is 12.1. The van der Waals surface area contributed by atoms with Crippen LogP contribution >= 0.6 is 0 Å². The van der Waals surface area contributed by atoms with Gasteiger partial charge in [0.2, 0.25) is 10.0 Å². The van der Waals surface area contributed by atoms with Crippen LogP contribution in [0.5, 0.6) is 0 Å². The van der Waals surface area contributed by atoms with Crippen molar-refractivity contribution in [2.24, 2.45) is 5.73 Å². The monoisotopic (exact) mass is 254 g/mol. The Balaban J connectivity index is 2.02. The van der Waals surface area contributed by atoms with E-state index < -0.39 is 10.0 Å². The molecule has 1 aliphatic rings. The lowest BCUT2D eigenvalue weighted by Crippen LogP contribution is -2.28. The van der Waals surface area contributed by atoms with Gasteiger partial charge in [0.25, 0.3) is 0 Å². The van der Waals surface area contributed by atoms with Crippen molar-refractivity contribution in [3.8, 4) is 0 Å². The molecule has 0 saturated carbocycles. The Hall–Kier alpha value is -0.910. The number of sulfonamides is 1. The molecule has 0 saturated heterocycles. The topological polar surface area (TPSA) is 63.4 Å². The van der Waals surface area contributed by atoms with Crippen LogP contribution in [0.1, 0.15) is 24.0 Å². The predicted octanol–water partition coefficient (Wildman–Crippen LogP) is 1.07. The third kappa shape index (κ3) is 2.86. The van der Waals surface area contributed by atoms with Gasteiger partial charge in [0.15, 0.2) is 0 Å². The van der Waals surface area contributed by atoms with Crippen molar-refractivity contribution in [3.05, 3.63) is 35.4 Å². The number of unbranched alkanes of at least 4 members (excludes halogenated alkanes) is 1. The SMILES string of the molecule is NCCCCS(=O)(=O)N1Cc2ccccc2C1. The van der Waals surface area contributed by atoms with Crippen molar-refractivity contribution in [1.29, 1.82) is 0 Å². The zero-order valence-corrected chi connectivity index (χ0v) is 10.6. The average Bonchev–Trinajstić information content (AvgIpc) is 2.73. The van der Waals surface area contributed by atoms with E-state index in [2.05, 4.69) is 0 Å². The van der Waals surface area contributed by atoms with Crippen molar-refractivity contribution in [2.75, 3.05) is 12.3 Å². The number of nitrogens with zero attached hydrogens (tertiary/aromatic N) is 1. The Morgan fingerprint density at radius 2 is 1.71 bits per heavy atom. The smallest absolute Gasteiger partial charge is 0.214 e. The molecule has 2 N–H and O–H groups in total. The summed E-state index contributed by atoms with van der Waals surface area (Å²) in [6.07, 6.45) is 1.41. The molecule has 1 heterocycles. The van der Waals surface area contributed by atoms with Gasteiger partial charge in [0.1, 0.15) is 0 Å². The summed E-state index contributed by atoms with van der Waals surface area (Å²) in [4.78, 5) is 0. The number of rotatable bonds is 5. The first-order chi connectivity index (χ1) is 8.13. The standard InChI is InChI=1S/C12H18N2O2S/c13-7-3-4-8-17(15,16)14-9-11-5-1-2-6-12(11)10-14/h1-2,5-6H,3-4,7-10,13H2. The maximum Gasteiger partial charge on any atom is 0.214 e. The van der Waals surface area contributed by atoms with Crippen LogP contribution in [0.4, 0.5) is 0 Å². The first-order valence-electron chi connectivity index (χ1n) is 5.88. The summed E-state index contributed by atoms with van der Waals surface area (Å²) in [7, 11) is -3.12. The Morgan fingerprint density at radius 1 is 1.12 bits per heavy atom. The Morgan fingerprint density at radius 3 is 2.24 bits per heavy atom. The number of nitrogens with two attached hydrogens (primary N) is 1. The zero-order chi connectivity index (χ0) is 12.3. The lowest BCUT2D eigenvalue weighted by molar-refractivity contribution is 0.430. The first kappa shape index (κ1) is 12.5. The van der Waals surface area contributed by atoms with E-state index in [1.165, 1.54) is 0 Å². The molecule has 94 valence electrons. The van der Waals surface area contributed by atoms with E-state index in [0.29, 0.717) is 26.1 Å². The molecule has 1 aromatic rings. The summed E-state index contributed by atoms with van der Waals surface area (Å²) in [5.41, 5.74) is 7.61. The van der Waals surface area contributed by atoms with E-state index in [4.69, 9.17) is 5.73 Å². The molecule has 0 atom stereocenters. The molecule has 0 bridgehead atoms. The van der Waals surface area contributed by atoms with E-state index >= 15 is 0 Å². The summed E-state index contributed by atoms with van der Waals surface area (Å²) >= 11 is 0. The molecule has 0 radical (unpaired) electrons. The Bertz CT molecular complexity index is 460. The van der Waals surface area contributed by atoms with Gasteiger partial charge < -0.3 is 5.73 Å². The second-order valence-corrected chi connectivity index (χ2v) is 6.44. The second-order valence-electron chi connectivity index (χ2n) is 4.35. The summed E-state index contributed by atoms with van der Waals surface area (Å²) in [6.45, 7) is 1.58. The fraction of sp³-hybridized carbons (Fsp3) is 0.500. The fourth-order valence-electron chi connectivity index (χ4n) is 2.06. The fourth-order valence-corrected chi connectivity index (χ4v) is 3.56. The van der Waals surface area contributed by atoms with Crippen molar-refractivity contribution in [3.63, 3.8) is 0 Å². The van der Waals surface area contributed by atoms with Gasteiger partial charge in [-0.05, 0) is 30.5 Å². The first-order valence-corrected chi connectivity index (χ1v) is 7.49. The molecule has 0 fully saturated rings. The highest BCUT2D eigenvalue weighted by Crippen LogP contribution is 2.25. The average molecular weight is 254 g/mol. The Labute approximate surface area is 102 Å². The molecule has 0 aromatic heterocycles. The summed E-state index contributed by atoms with van der Waals surface area (Å²) < 4.78 is 25.7. The van der Waals surface area contributed by atoms with Gasteiger partial charge >= 0.3 is 0 Å². The van der Waals surface area contributed by atoms with E-state index in [1.54, 1.807) is 4.31 Å². The van der Waals surface area contributed by atoms with Gasteiger partial charge in [-0.25, -0.2) is 8.42 Å². The highest BCUT2D eigenvalue weighted by molar-refractivity contribution is 7.89. The van der Waals surface area contributed by atoms with E-state index in [9.17, 15) is 8.42 Å². The highest BCUT2D eigenvalue weighted by atomic mass is 32.2. The molecule has 0 unspecified atom stereocenters. The predicted molar refractivity (Wildman–Crippen MR) is 67.8 cm³/mol. The van der Waals surface area contributed by atoms with Crippen LogP contribution in [0.2, 0.25) is 0 Å². The van der Waals surface area contributed by atoms with E-state index in [0.717, 1.165) is 17.5 Å². The third-order valence-electron chi connectivity index (χ3n) is 3.06. The summed E-state index contributed by atoms with van der Waals surface area (Å²) in [6, 6.07) is 7.88. The molecule has 0 amide bonds. The minimum absolute atomic E-state index is 0.207. The lowest BCUT2D eigenvalue weighted by Gasteiger charge is -2.15. The normalized spacial score (nSPS) is 16.1. The molecular formula is C12H18N2O2S.